The van der Waals surface area contributed by atoms with Gasteiger partial charge in [-0.3, -0.25) is 19.3 Å². The molecule has 3 rings (SSSR count). The van der Waals surface area contributed by atoms with Crippen molar-refractivity contribution in [2.75, 3.05) is 5.73 Å². The Balaban J connectivity index is 1.54. The van der Waals surface area contributed by atoms with Gasteiger partial charge in [-0.1, -0.05) is 30.4 Å². The van der Waals surface area contributed by atoms with Crippen molar-refractivity contribution in [2.45, 2.75) is 26.2 Å². The first-order valence-corrected chi connectivity index (χ1v) is 9.41. The Morgan fingerprint density at radius 3 is 2.62 bits per heavy atom. The van der Waals surface area contributed by atoms with Crippen LogP contribution in [0.3, 0.4) is 0 Å². The molecule has 0 atom stereocenters. The Kier molecular flexibility index (Phi) is 6.34. The number of anilines is 1. The lowest BCUT2D eigenvalue weighted by atomic mass is 10.0. The SMILES string of the molecule is Cc1ccc(CC(=O)c2ccc(CC(=O)C/C=C/c3cnn(C)c3)cn2)c(N)c1. The number of ketones is 2. The molecule has 0 saturated carbocycles. The number of aromatic nitrogens is 3. The van der Waals surface area contributed by atoms with Crippen molar-refractivity contribution < 1.29 is 9.59 Å². The number of Topliss-reactive ketones (excluding diaryl/α,β-unsaturated/α-hetero) is 2. The maximum atomic E-state index is 12.5. The molecule has 0 unspecified atom stereocenters. The van der Waals surface area contributed by atoms with Crippen LogP contribution in [0, 0.1) is 6.92 Å². The molecule has 2 aromatic heterocycles. The Bertz CT molecular complexity index is 1050. The van der Waals surface area contributed by atoms with E-state index >= 15 is 0 Å². The van der Waals surface area contributed by atoms with Crippen molar-refractivity contribution in [1.82, 2.24) is 14.8 Å². The molecule has 1 aromatic carbocycles. The molecule has 0 aliphatic carbocycles. The van der Waals surface area contributed by atoms with Gasteiger partial charge in [0.25, 0.3) is 0 Å². The summed E-state index contributed by atoms with van der Waals surface area (Å²) in [7, 11) is 1.85. The van der Waals surface area contributed by atoms with Gasteiger partial charge in [-0.05, 0) is 35.7 Å². The molecular formula is C23H24N4O2. The second-order valence-electron chi connectivity index (χ2n) is 7.12. The summed E-state index contributed by atoms with van der Waals surface area (Å²) >= 11 is 0. The van der Waals surface area contributed by atoms with E-state index in [0.29, 0.717) is 17.8 Å². The number of nitrogens with zero attached hydrogens (tertiary/aromatic N) is 3. The lowest BCUT2D eigenvalue weighted by Gasteiger charge is -2.06. The van der Waals surface area contributed by atoms with Gasteiger partial charge in [-0.2, -0.15) is 5.10 Å². The number of aryl methyl sites for hydroxylation is 2. The summed E-state index contributed by atoms with van der Waals surface area (Å²) in [6, 6.07) is 9.11. The Labute approximate surface area is 170 Å². The van der Waals surface area contributed by atoms with Gasteiger partial charge in [0.15, 0.2) is 5.78 Å². The summed E-state index contributed by atoms with van der Waals surface area (Å²) in [6.07, 6.45) is 9.74. The van der Waals surface area contributed by atoms with Gasteiger partial charge >= 0.3 is 0 Å². The minimum absolute atomic E-state index is 0.0819. The summed E-state index contributed by atoms with van der Waals surface area (Å²) in [5, 5.41) is 4.08. The molecule has 0 saturated heterocycles. The second kappa shape index (κ2) is 9.10. The quantitative estimate of drug-likeness (QED) is 0.472. The van der Waals surface area contributed by atoms with Crippen molar-refractivity contribution in [2.24, 2.45) is 7.05 Å². The standard InChI is InChI=1S/C23H24N4O2/c1-16-6-8-19(21(24)10-16)12-23(29)22-9-7-17(13-25-22)11-20(28)5-3-4-18-14-26-27(2)15-18/h3-4,6-10,13-15H,5,11-12,24H2,1-2H3/b4-3+. The van der Waals surface area contributed by atoms with E-state index in [0.717, 1.165) is 22.3 Å². The van der Waals surface area contributed by atoms with Gasteiger partial charge in [-0.25, -0.2) is 0 Å². The molecule has 0 amide bonds. The van der Waals surface area contributed by atoms with Crippen molar-refractivity contribution in [3.63, 3.8) is 0 Å². The number of carbonyl (C=O) groups excluding carboxylic acids is 2. The number of pyridine rings is 1. The van der Waals surface area contributed by atoms with E-state index in [4.69, 9.17) is 5.73 Å². The fraction of sp³-hybridized carbons (Fsp3) is 0.217. The van der Waals surface area contributed by atoms with Gasteiger partial charge in [0.2, 0.25) is 0 Å². The Morgan fingerprint density at radius 1 is 1.14 bits per heavy atom. The van der Waals surface area contributed by atoms with Crippen LogP contribution in [0.15, 0.2) is 55.0 Å². The summed E-state index contributed by atoms with van der Waals surface area (Å²) in [4.78, 5) is 28.8. The van der Waals surface area contributed by atoms with Gasteiger partial charge in [0.05, 0.1) is 6.20 Å². The summed E-state index contributed by atoms with van der Waals surface area (Å²) < 4.78 is 1.71. The van der Waals surface area contributed by atoms with Crippen LogP contribution in [0.1, 0.15) is 39.2 Å². The van der Waals surface area contributed by atoms with Crippen molar-refractivity contribution in [1.29, 1.82) is 0 Å². The van der Waals surface area contributed by atoms with E-state index < -0.39 is 0 Å². The first kappa shape index (κ1) is 20.2. The number of hydrogen-bond donors (Lipinski definition) is 1. The predicted molar refractivity (Wildman–Crippen MR) is 113 cm³/mol. The molecule has 6 heteroatoms. The summed E-state index contributed by atoms with van der Waals surface area (Å²) in [5.41, 5.74) is 10.6. The minimum Gasteiger partial charge on any atom is -0.398 e. The normalized spacial score (nSPS) is 11.1. The number of rotatable bonds is 8. The third kappa shape index (κ3) is 5.72. The molecule has 148 valence electrons. The van der Waals surface area contributed by atoms with E-state index in [1.54, 1.807) is 29.2 Å². The zero-order valence-corrected chi connectivity index (χ0v) is 16.6. The zero-order chi connectivity index (χ0) is 20.8. The number of allylic oxidation sites excluding steroid dienone is 1. The van der Waals surface area contributed by atoms with Crippen LogP contribution in [-0.4, -0.2) is 26.3 Å². The summed E-state index contributed by atoms with van der Waals surface area (Å²) in [5.74, 6) is -0.0173. The zero-order valence-electron chi connectivity index (χ0n) is 16.6. The van der Waals surface area contributed by atoms with Crippen LogP contribution in [0.4, 0.5) is 5.69 Å². The number of nitrogen functional groups attached to an aromatic ring is 1. The average Bonchev–Trinajstić information content (AvgIpc) is 3.09. The molecule has 2 N–H and O–H groups in total. The highest BCUT2D eigenvalue weighted by molar-refractivity contribution is 5.96. The topological polar surface area (TPSA) is 90.9 Å². The highest BCUT2D eigenvalue weighted by Gasteiger charge is 2.11. The Morgan fingerprint density at radius 2 is 1.97 bits per heavy atom. The van der Waals surface area contributed by atoms with E-state index in [2.05, 4.69) is 10.1 Å². The van der Waals surface area contributed by atoms with Crippen LogP contribution in [-0.2, 0) is 24.7 Å². The fourth-order valence-corrected chi connectivity index (χ4v) is 2.99. The number of nitrogens with two attached hydrogens (primary N) is 1. The molecule has 3 aromatic rings. The van der Waals surface area contributed by atoms with Crippen LogP contribution >= 0.6 is 0 Å². The van der Waals surface area contributed by atoms with Crippen LogP contribution < -0.4 is 5.73 Å². The monoisotopic (exact) mass is 388 g/mol. The largest absolute Gasteiger partial charge is 0.398 e. The van der Waals surface area contributed by atoms with Crippen LogP contribution in [0.2, 0.25) is 0 Å². The second-order valence-corrected chi connectivity index (χ2v) is 7.12. The van der Waals surface area contributed by atoms with Gasteiger partial charge in [0, 0.05) is 50.0 Å². The third-order valence-electron chi connectivity index (χ3n) is 4.54. The van der Waals surface area contributed by atoms with Gasteiger partial charge < -0.3 is 5.73 Å². The highest BCUT2D eigenvalue weighted by atomic mass is 16.1. The van der Waals surface area contributed by atoms with E-state index in [-0.39, 0.29) is 24.4 Å². The smallest absolute Gasteiger partial charge is 0.185 e. The van der Waals surface area contributed by atoms with E-state index in [9.17, 15) is 9.59 Å². The maximum absolute atomic E-state index is 12.5. The number of hydrogen-bond acceptors (Lipinski definition) is 5. The van der Waals surface area contributed by atoms with E-state index in [1.807, 2.05) is 50.5 Å². The van der Waals surface area contributed by atoms with Gasteiger partial charge in [-0.15, -0.1) is 0 Å². The molecule has 0 fully saturated rings. The average molecular weight is 388 g/mol. The Hall–Kier alpha value is -3.54. The molecule has 0 bridgehead atoms. The molecular weight excluding hydrogens is 364 g/mol. The first-order valence-electron chi connectivity index (χ1n) is 9.41. The van der Waals surface area contributed by atoms with Crippen molar-refractivity contribution >= 4 is 23.3 Å². The van der Waals surface area contributed by atoms with Crippen LogP contribution in [0.25, 0.3) is 6.08 Å². The molecule has 0 spiro atoms. The molecule has 0 aliphatic rings. The highest BCUT2D eigenvalue weighted by Crippen LogP contribution is 2.16. The fourth-order valence-electron chi connectivity index (χ4n) is 2.99. The molecule has 2 heterocycles. The molecule has 0 radical (unpaired) electrons. The lowest BCUT2D eigenvalue weighted by Crippen LogP contribution is -2.09. The minimum atomic E-state index is -0.0992. The molecule has 0 aliphatic heterocycles. The lowest BCUT2D eigenvalue weighted by molar-refractivity contribution is -0.117. The maximum Gasteiger partial charge on any atom is 0.185 e. The van der Waals surface area contributed by atoms with Crippen molar-refractivity contribution in [3.8, 4) is 0 Å². The predicted octanol–water partition coefficient (Wildman–Crippen LogP) is 3.35. The first-order chi connectivity index (χ1) is 13.9. The number of carbonyl (C=O) groups is 2. The third-order valence-corrected chi connectivity index (χ3v) is 4.54. The van der Waals surface area contributed by atoms with Gasteiger partial charge in [0.1, 0.15) is 11.5 Å². The van der Waals surface area contributed by atoms with E-state index in [1.165, 1.54) is 0 Å². The van der Waals surface area contributed by atoms with Crippen molar-refractivity contribution in [3.05, 3.63) is 82.9 Å². The van der Waals surface area contributed by atoms with Crippen LogP contribution in [0.5, 0.6) is 0 Å². The number of benzene rings is 1. The summed E-state index contributed by atoms with van der Waals surface area (Å²) in [6.45, 7) is 1.96. The molecule has 6 nitrogen and oxygen atoms in total. The molecule has 29 heavy (non-hydrogen) atoms.